The number of amides is 1. The molecule has 1 amide bonds. The zero-order valence-corrected chi connectivity index (χ0v) is 14.1. The van der Waals surface area contributed by atoms with Gasteiger partial charge in [-0.05, 0) is 55.8 Å². The highest BCUT2D eigenvalue weighted by molar-refractivity contribution is 5.94. The molecular formula is C20H22N2O3. The van der Waals surface area contributed by atoms with Crippen LogP contribution in [0.5, 0.6) is 11.5 Å². The lowest BCUT2D eigenvalue weighted by Crippen LogP contribution is -2.40. The molecule has 0 saturated carbocycles. The third kappa shape index (κ3) is 3.77. The summed E-state index contributed by atoms with van der Waals surface area (Å²) >= 11 is 0. The molecule has 1 unspecified atom stereocenters. The first-order chi connectivity index (χ1) is 12.3. The largest absolute Gasteiger partial charge is 0.485 e. The molecule has 4 rings (SSSR count). The molecule has 1 fully saturated rings. The van der Waals surface area contributed by atoms with Gasteiger partial charge in [0.1, 0.15) is 6.61 Å². The van der Waals surface area contributed by atoms with E-state index in [1.165, 1.54) is 18.4 Å². The third-order valence-corrected chi connectivity index (χ3v) is 4.60. The van der Waals surface area contributed by atoms with Gasteiger partial charge < -0.3 is 14.8 Å². The van der Waals surface area contributed by atoms with Crippen molar-refractivity contribution in [3.63, 3.8) is 0 Å². The Morgan fingerprint density at radius 3 is 2.72 bits per heavy atom. The van der Waals surface area contributed by atoms with Gasteiger partial charge in [-0.15, -0.1) is 0 Å². The second kappa shape index (κ2) is 7.15. The van der Waals surface area contributed by atoms with E-state index in [2.05, 4.69) is 16.3 Å². The van der Waals surface area contributed by atoms with Crippen molar-refractivity contribution in [2.45, 2.75) is 25.5 Å². The monoisotopic (exact) mass is 338 g/mol. The van der Waals surface area contributed by atoms with Crippen molar-refractivity contribution in [1.29, 1.82) is 0 Å². The number of carbonyl (C=O) groups excluding carboxylic acids is 1. The molecule has 5 heteroatoms. The molecule has 0 spiro atoms. The second-order valence-corrected chi connectivity index (χ2v) is 6.54. The molecule has 0 bridgehead atoms. The minimum absolute atomic E-state index is 0.187. The molecule has 1 N–H and O–H groups in total. The second-order valence-electron chi connectivity index (χ2n) is 6.54. The van der Waals surface area contributed by atoms with E-state index in [0.717, 1.165) is 25.3 Å². The Kier molecular flexibility index (Phi) is 4.57. The quantitative estimate of drug-likeness (QED) is 0.931. The zero-order chi connectivity index (χ0) is 17.1. The smallest absolute Gasteiger partial charge is 0.269 e. The van der Waals surface area contributed by atoms with Crippen LogP contribution in [0.1, 0.15) is 18.4 Å². The Balaban J connectivity index is 1.39. The molecule has 0 radical (unpaired) electrons. The van der Waals surface area contributed by atoms with Crippen molar-refractivity contribution < 1.29 is 14.3 Å². The maximum Gasteiger partial charge on any atom is 0.269 e. The summed E-state index contributed by atoms with van der Waals surface area (Å²) in [5.74, 6) is 1.10. The summed E-state index contributed by atoms with van der Waals surface area (Å²) < 4.78 is 11.4. The third-order valence-electron chi connectivity index (χ3n) is 4.60. The number of anilines is 1. The Morgan fingerprint density at radius 1 is 1.08 bits per heavy atom. The van der Waals surface area contributed by atoms with Crippen molar-refractivity contribution in [3.8, 4) is 11.5 Å². The van der Waals surface area contributed by atoms with E-state index in [1.807, 2.05) is 42.5 Å². The fourth-order valence-corrected chi connectivity index (χ4v) is 3.32. The standard InChI is InChI=1S/C20H22N2O3/c23-20(19-14-24-17-8-1-2-9-18(17)25-19)21-16-7-5-6-15(12-16)13-22-10-3-4-11-22/h1-2,5-9,12,19H,3-4,10-11,13-14H2,(H,21,23). The highest BCUT2D eigenvalue weighted by Crippen LogP contribution is 2.31. The van der Waals surface area contributed by atoms with Gasteiger partial charge in [0.05, 0.1) is 0 Å². The van der Waals surface area contributed by atoms with E-state index < -0.39 is 6.10 Å². The van der Waals surface area contributed by atoms with Crippen LogP contribution in [0.2, 0.25) is 0 Å². The lowest BCUT2D eigenvalue weighted by atomic mass is 10.2. The molecule has 0 aliphatic carbocycles. The molecule has 0 aromatic heterocycles. The van der Waals surface area contributed by atoms with Crippen LogP contribution >= 0.6 is 0 Å². The van der Waals surface area contributed by atoms with Gasteiger partial charge in [-0.3, -0.25) is 9.69 Å². The average Bonchev–Trinajstić information content (AvgIpc) is 3.14. The number of rotatable bonds is 4. The zero-order valence-electron chi connectivity index (χ0n) is 14.1. The summed E-state index contributed by atoms with van der Waals surface area (Å²) in [6.07, 6.45) is 1.91. The number of nitrogens with one attached hydrogen (secondary N) is 1. The van der Waals surface area contributed by atoms with Crippen LogP contribution in [0, 0.1) is 0 Å². The van der Waals surface area contributed by atoms with Crippen LogP contribution in [-0.4, -0.2) is 36.6 Å². The molecule has 2 aromatic rings. The van der Waals surface area contributed by atoms with Gasteiger partial charge in [0.2, 0.25) is 6.10 Å². The minimum Gasteiger partial charge on any atom is -0.485 e. The summed E-state index contributed by atoms with van der Waals surface area (Å²) in [5.41, 5.74) is 2.01. The van der Waals surface area contributed by atoms with E-state index in [-0.39, 0.29) is 12.5 Å². The first kappa shape index (κ1) is 16.0. The van der Waals surface area contributed by atoms with Gasteiger partial charge in [-0.25, -0.2) is 0 Å². The number of likely N-dealkylation sites (tertiary alicyclic amines) is 1. The Bertz CT molecular complexity index is 756. The molecule has 2 aliphatic rings. The van der Waals surface area contributed by atoms with E-state index in [1.54, 1.807) is 0 Å². The van der Waals surface area contributed by atoms with Crippen LogP contribution in [0.3, 0.4) is 0 Å². The highest BCUT2D eigenvalue weighted by Gasteiger charge is 2.27. The maximum atomic E-state index is 12.5. The normalized spacial score (nSPS) is 19.6. The summed E-state index contributed by atoms with van der Waals surface area (Å²) in [4.78, 5) is 14.9. The van der Waals surface area contributed by atoms with Crippen molar-refractivity contribution >= 4 is 11.6 Å². The highest BCUT2D eigenvalue weighted by atomic mass is 16.6. The maximum absolute atomic E-state index is 12.5. The molecule has 2 heterocycles. The summed E-state index contributed by atoms with van der Waals surface area (Å²) in [6.45, 7) is 3.46. The van der Waals surface area contributed by atoms with Gasteiger partial charge in [-0.1, -0.05) is 24.3 Å². The van der Waals surface area contributed by atoms with Gasteiger partial charge in [0.15, 0.2) is 11.5 Å². The minimum atomic E-state index is -0.642. The van der Waals surface area contributed by atoms with Crippen molar-refractivity contribution in [2.75, 3.05) is 25.0 Å². The number of hydrogen-bond acceptors (Lipinski definition) is 4. The molecule has 25 heavy (non-hydrogen) atoms. The number of hydrogen-bond donors (Lipinski definition) is 1. The Labute approximate surface area is 147 Å². The van der Waals surface area contributed by atoms with E-state index in [4.69, 9.17) is 9.47 Å². The fraction of sp³-hybridized carbons (Fsp3) is 0.350. The van der Waals surface area contributed by atoms with Crippen LogP contribution < -0.4 is 14.8 Å². The lowest BCUT2D eigenvalue weighted by molar-refractivity contribution is -0.125. The lowest BCUT2D eigenvalue weighted by Gasteiger charge is -2.25. The summed E-state index contributed by atoms with van der Waals surface area (Å²) in [5, 5.41) is 2.95. The molecule has 1 atom stereocenters. The molecule has 2 aromatic carbocycles. The van der Waals surface area contributed by atoms with Crippen molar-refractivity contribution in [1.82, 2.24) is 4.90 Å². The topological polar surface area (TPSA) is 50.8 Å². The van der Waals surface area contributed by atoms with E-state index in [0.29, 0.717) is 11.5 Å². The van der Waals surface area contributed by atoms with Gasteiger partial charge >= 0.3 is 0 Å². The number of ether oxygens (including phenoxy) is 2. The van der Waals surface area contributed by atoms with Crippen LogP contribution in [0.15, 0.2) is 48.5 Å². The number of carbonyl (C=O) groups is 1. The van der Waals surface area contributed by atoms with Crippen LogP contribution in [0.25, 0.3) is 0 Å². The number of benzene rings is 2. The summed E-state index contributed by atoms with van der Waals surface area (Å²) in [6, 6.07) is 15.4. The Morgan fingerprint density at radius 2 is 1.88 bits per heavy atom. The fourth-order valence-electron chi connectivity index (χ4n) is 3.32. The van der Waals surface area contributed by atoms with Crippen LogP contribution in [-0.2, 0) is 11.3 Å². The SMILES string of the molecule is O=C(Nc1cccc(CN2CCCC2)c1)C1COc2ccccc2O1. The predicted octanol–water partition coefficient (Wildman–Crippen LogP) is 3.06. The first-order valence-corrected chi connectivity index (χ1v) is 8.78. The summed E-state index contributed by atoms with van der Waals surface area (Å²) in [7, 11) is 0. The Hall–Kier alpha value is -2.53. The average molecular weight is 338 g/mol. The van der Waals surface area contributed by atoms with Gasteiger partial charge in [0, 0.05) is 12.2 Å². The van der Waals surface area contributed by atoms with Crippen LogP contribution in [0.4, 0.5) is 5.69 Å². The molecule has 5 nitrogen and oxygen atoms in total. The van der Waals surface area contributed by atoms with Crippen molar-refractivity contribution in [2.24, 2.45) is 0 Å². The van der Waals surface area contributed by atoms with E-state index >= 15 is 0 Å². The van der Waals surface area contributed by atoms with Gasteiger partial charge in [0.25, 0.3) is 5.91 Å². The van der Waals surface area contributed by atoms with Gasteiger partial charge in [-0.2, -0.15) is 0 Å². The van der Waals surface area contributed by atoms with Crippen molar-refractivity contribution in [3.05, 3.63) is 54.1 Å². The number of para-hydroxylation sites is 2. The molecular weight excluding hydrogens is 316 g/mol. The number of nitrogens with zero attached hydrogens (tertiary/aromatic N) is 1. The molecule has 2 aliphatic heterocycles. The predicted molar refractivity (Wildman–Crippen MR) is 95.9 cm³/mol. The molecule has 1 saturated heterocycles. The first-order valence-electron chi connectivity index (χ1n) is 8.78. The van der Waals surface area contributed by atoms with E-state index in [9.17, 15) is 4.79 Å². The molecule has 130 valence electrons. The number of fused-ring (bicyclic) bond motifs is 1.